The molecule has 3 N–H and O–H groups in total. The fourth-order valence-electron chi connectivity index (χ4n) is 2.77. The van der Waals surface area contributed by atoms with Gasteiger partial charge in [0.15, 0.2) is 0 Å². The van der Waals surface area contributed by atoms with Gasteiger partial charge in [-0.2, -0.15) is 0 Å². The van der Waals surface area contributed by atoms with Gasteiger partial charge in [0.25, 0.3) is 0 Å². The van der Waals surface area contributed by atoms with E-state index in [4.69, 9.17) is 10.6 Å². The second-order valence-electron chi connectivity index (χ2n) is 4.79. The molecule has 4 atom stereocenters. The molecule has 0 aromatic heterocycles. The minimum atomic E-state index is 0.207. The topological polar surface area (TPSA) is 47.3 Å². The maximum Gasteiger partial charge on any atom is 0.0738 e. The van der Waals surface area contributed by atoms with E-state index in [2.05, 4.69) is 42.7 Å². The van der Waals surface area contributed by atoms with Gasteiger partial charge < -0.3 is 4.74 Å². The number of hydrogen-bond acceptors (Lipinski definition) is 3. The highest BCUT2D eigenvalue weighted by Crippen LogP contribution is 2.50. The van der Waals surface area contributed by atoms with Crippen LogP contribution in [0.3, 0.4) is 0 Å². The fourth-order valence-corrected chi connectivity index (χ4v) is 2.77. The van der Waals surface area contributed by atoms with E-state index in [0.29, 0.717) is 11.8 Å². The first kappa shape index (κ1) is 12.6. The third-order valence-corrected chi connectivity index (χ3v) is 3.83. The van der Waals surface area contributed by atoms with Crippen LogP contribution in [0.2, 0.25) is 0 Å². The second-order valence-corrected chi connectivity index (χ2v) is 4.79. The summed E-state index contributed by atoms with van der Waals surface area (Å²) in [5, 5.41) is 0. The Kier molecular flexibility index (Phi) is 4.15. The summed E-state index contributed by atoms with van der Waals surface area (Å²) in [6.07, 6.45) is 2.40. The molecule has 0 aliphatic heterocycles. The van der Waals surface area contributed by atoms with Crippen molar-refractivity contribution in [3.05, 3.63) is 35.9 Å². The number of nitrogens with two attached hydrogens (primary N) is 1. The Morgan fingerprint density at radius 2 is 2.12 bits per heavy atom. The summed E-state index contributed by atoms with van der Waals surface area (Å²) >= 11 is 0. The van der Waals surface area contributed by atoms with E-state index in [1.165, 1.54) is 12.0 Å². The lowest BCUT2D eigenvalue weighted by Crippen LogP contribution is -2.46. The summed E-state index contributed by atoms with van der Waals surface area (Å²) in [6.45, 7) is 2.14. The first-order valence-corrected chi connectivity index (χ1v) is 6.35. The predicted octanol–water partition coefficient (Wildman–Crippen LogP) is 2.05. The molecule has 1 fully saturated rings. The Labute approximate surface area is 103 Å². The van der Waals surface area contributed by atoms with Gasteiger partial charge in [-0.05, 0) is 30.2 Å². The summed E-state index contributed by atoms with van der Waals surface area (Å²) < 4.78 is 5.50. The third kappa shape index (κ3) is 2.68. The molecule has 1 saturated carbocycles. The third-order valence-electron chi connectivity index (χ3n) is 3.83. The molecular formula is C14H22N2O. The SMILES string of the molecule is CCC(OC)C(NN)C1CC1c1ccccc1. The van der Waals surface area contributed by atoms with Gasteiger partial charge in [0.1, 0.15) is 0 Å². The van der Waals surface area contributed by atoms with Crippen molar-refractivity contribution in [2.45, 2.75) is 37.8 Å². The molecule has 2 rings (SSSR count). The van der Waals surface area contributed by atoms with Crippen molar-refractivity contribution >= 4 is 0 Å². The van der Waals surface area contributed by atoms with Crippen LogP contribution in [0.15, 0.2) is 30.3 Å². The molecule has 0 radical (unpaired) electrons. The largest absolute Gasteiger partial charge is 0.380 e. The van der Waals surface area contributed by atoms with E-state index in [1.54, 1.807) is 7.11 Å². The number of ether oxygens (including phenoxy) is 1. The Morgan fingerprint density at radius 3 is 2.65 bits per heavy atom. The molecule has 0 amide bonds. The van der Waals surface area contributed by atoms with Crippen molar-refractivity contribution in [1.29, 1.82) is 0 Å². The summed E-state index contributed by atoms with van der Waals surface area (Å²) in [5.74, 6) is 6.92. The lowest BCUT2D eigenvalue weighted by atomic mass is 10.00. The van der Waals surface area contributed by atoms with Crippen molar-refractivity contribution < 1.29 is 4.74 Å². The van der Waals surface area contributed by atoms with Crippen LogP contribution in [0.5, 0.6) is 0 Å². The van der Waals surface area contributed by atoms with Crippen molar-refractivity contribution in [2.24, 2.45) is 11.8 Å². The van der Waals surface area contributed by atoms with Crippen molar-refractivity contribution in [1.82, 2.24) is 5.43 Å². The van der Waals surface area contributed by atoms with Crippen LogP contribution >= 0.6 is 0 Å². The molecule has 0 heterocycles. The van der Waals surface area contributed by atoms with Gasteiger partial charge in [0.2, 0.25) is 0 Å². The maximum absolute atomic E-state index is 5.68. The zero-order valence-electron chi connectivity index (χ0n) is 10.6. The Balaban J connectivity index is 2.01. The van der Waals surface area contributed by atoms with Gasteiger partial charge in [0.05, 0.1) is 12.1 Å². The molecule has 1 aromatic carbocycles. The smallest absolute Gasteiger partial charge is 0.0738 e. The zero-order valence-corrected chi connectivity index (χ0v) is 10.6. The van der Waals surface area contributed by atoms with Gasteiger partial charge in [-0.1, -0.05) is 37.3 Å². The molecular weight excluding hydrogens is 212 g/mol. The highest BCUT2D eigenvalue weighted by molar-refractivity contribution is 5.27. The molecule has 3 nitrogen and oxygen atoms in total. The maximum atomic E-state index is 5.68. The van der Waals surface area contributed by atoms with E-state index in [-0.39, 0.29) is 12.1 Å². The van der Waals surface area contributed by atoms with Crippen LogP contribution in [0, 0.1) is 5.92 Å². The van der Waals surface area contributed by atoms with Gasteiger partial charge in [0, 0.05) is 7.11 Å². The number of benzene rings is 1. The van der Waals surface area contributed by atoms with Crippen LogP contribution in [-0.2, 0) is 4.74 Å². The summed E-state index contributed by atoms with van der Waals surface area (Å²) in [6, 6.07) is 10.9. The molecule has 3 heteroatoms. The van der Waals surface area contributed by atoms with Crippen LogP contribution in [0.25, 0.3) is 0 Å². The first-order valence-electron chi connectivity index (χ1n) is 6.35. The average Bonchev–Trinajstić information content (AvgIpc) is 3.17. The molecule has 17 heavy (non-hydrogen) atoms. The number of rotatable bonds is 6. The van der Waals surface area contributed by atoms with E-state index in [0.717, 1.165) is 6.42 Å². The molecule has 0 spiro atoms. The second kappa shape index (κ2) is 5.63. The monoisotopic (exact) mass is 234 g/mol. The number of nitrogens with one attached hydrogen (secondary N) is 1. The molecule has 1 aliphatic carbocycles. The van der Waals surface area contributed by atoms with E-state index in [1.807, 2.05) is 0 Å². The molecule has 4 unspecified atom stereocenters. The minimum absolute atomic E-state index is 0.207. The lowest BCUT2D eigenvalue weighted by Gasteiger charge is -2.24. The Hall–Kier alpha value is -0.900. The first-order chi connectivity index (χ1) is 8.31. The minimum Gasteiger partial charge on any atom is -0.380 e. The van der Waals surface area contributed by atoms with Gasteiger partial charge in [-0.3, -0.25) is 11.3 Å². The lowest BCUT2D eigenvalue weighted by molar-refractivity contribution is 0.0575. The molecule has 94 valence electrons. The number of hydrogen-bond donors (Lipinski definition) is 2. The van der Waals surface area contributed by atoms with E-state index < -0.39 is 0 Å². The quantitative estimate of drug-likeness (QED) is 0.585. The predicted molar refractivity (Wildman–Crippen MR) is 69.5 cm³/mol. The molecule has 0 bridgehead atoms. The molecule has 1 aromatic rings. The van der Waals surface area contributed by atoms with Crippen LogP contribution in [-0.4, -0.2) is 19.3 Å². The summed E-state index contributed by atoms with van der Waals surface area (Å²) in [4.78, 5) is 0. The highest BCUT2D eigenvalue weighted by Gasteiger charge is 2.45. The Bertz CT molecular complexity index is 337. The molecule has 1 aliphatic rings. The number of hydrazine groups is 1. The fraction of sp³-hybridized carbons (Fsp3) is 0.571. The highest BCUT2D eigenvalue weighted by atomic mass is 16.5. The zero-order chi connectivity index (χ0) is 12.3. The molecule has 0 saturated heterocycles. The summed E-state index contributed by atoms with van der Waals surface area (Å²) in [7, 11) is 1.76. The van der Waals surface area contributed by atoms with Crippen molar-refractivity contribution in [3.63, 3.8) is 0 Å². The number of methoxy groups -OCH3 is 1. The van der Waals surface area contributed by atoms with Crippen LogP contribution in [0.4, 0.5) is 0 Å². The standard InChI is InChI=1S/C14H22N2O/c1-3-13(17-2)14(16-15)12-9-11(12)10-7-5-4-6-8-10/h4-8,11-14,16H,3,9,15H2,1-2H3. The average molecular weight is 234 g/mol. The Morgan fingerprint density at radius 1 is 1.41 bits per heavy atom. The van der Waals surface area contributed by atoms with Crippen molar-refractivity contribution in [3.8, 4) is 0 Å². The van der Waals surface area contributed by atoms with E-state index in [9.17, 15) is 0 Å². The van der Waals surface area contributed by atoms with Gasteiger partial charge in [-0.25, -0.2) is 0 Å². The van der Waals surface area contributed by atoms with Gasteiger partial charge in [-0.15, -0.1) is 0 Å². The summed E-state index contributed by atoms with van der Waals surface area (Å²) in [5.41, 5.74) is 4.36. The van der Waals surface area contributed by atoms with E-state index >= 15 is 0 Å². The van der Waals surface area contributed by atoms with Crippen molar-refractivity contribution in [2.75, 3.05) is 7.11 Å². The van der Waals surface area contributed by atoms with Gasteiger partial charge >= 0.3 is 0 Å². The van der Waals surface area contributed by atoms with Crippen LogP contribution < -0.4 is 11.3 Å². The normalized spacial score (nSPS) is 26.5. The van der Waals surface area contributed by atoms with Crippen LogP contribution in [0.1, 0.15) is 31.2 Å².